The molecule has 0 radical (unpaired) electrons. The zero-order chi connectivity index (χ0) is 22.4. The van der Waals surface area contributed by atoms with Crippen LogP contribution in [0.25, 0.3) is 0 Å². The lowest BCUT2D eigenvalue weighted by atomic mass is 10.0. The summed E-state index contributed by atoms with van der Waals surface area (Å²) in [5.74, 6) is 1.13. The van der Waals surface area contributed by atoms with Gasteiger partial charge in [0.2, 0.25) is 0 Å². The van der Waals surface area contributed by atoms with Crippen molar-refractivity contribution in [3.63, 3.8) is 0 Å². The second kappa shape index (κ2) is 10.7. The van der Waals surface area contributed by atoms with E-state index in [2.05, 4.69) is 19.2 Å². The molecule has 1 aliphatic rings. The fourth-order valence-corrected chi connectivity index (χ4v) is 3.84. The Morgan fingerprint density at radius 2 is 1.90 bits per heavy atom. The van der Waals surface area contributed by atoms with Crippen LogP contribution in [0.15, 0.2) is 36.4 Å². The van der Waals surface area contributed by atoms with Crippen LogP contribution < -0.4 is 14.8 Å². The first-order valence-corrected chi connectivity index (χ1v) is 11.1. The minimum Gasteiger partial charge on any atom is -0.493 e. The number of hydrogen-bond donors (Lipinski definition) is 1. The second-order valence-corrected chi connectivity index (χ2v) is 8.65. The molecule has 1 fully saturated rings. The standard InChI is InChI=1S/C24H30ClFN2O3/c1-16(2)10-13-31-23-21(25)14-17(15-22(23)30-3)24(29)28-11-8-20(9-12-28)27-19-6-4-18(26)5-7-19/h4-7,14-16,20,27H,8-13H2,1-3H3. The van der Waals surface area contributed by atoms with Gasteiger partial charge < -0.3 is 19.7 Å². The molecule has 1 heterocycles. The molecule has 31 heavy (non-hydrogen) atoms. The molecule has 0 saturated carbocycles. The Balaban J connectivity index is 1.61. The molecule has 2 aromatic rings. The van der Waals surface area contributed by atoms with Gasteiger partial charge in [0.05, 0.1) is 18.7 Å². The van der Waals surface area contributed by atoms with Gasteiger partial charge in [-0.3, -0.25) is 4.79 Å². The molecule has 3 rings (SSSR count). The van der Waals surface area contributed by atoms with Crippen molar-refractivity contribution in [2.24, 2.45) is 5.92 Å². The summed E-state index contributed by atoms with van der Waals surface area (Å²) in [6, 6.07) is 9.92. The number of anilines is 1. The number of hydrogen-bond acceptors (Lipinski definition) is 4. The van der Waals surface area contributed by atoms with Gasteiger partial charge in [-0.05, 0) is 61.6 Å². The van der Waals surface area contributed by atoms with E-state index in [4.69, 9.17) is 21.1 Å². The molecule has 2 aromatic carbocycles. The number of amides is 1. The maximum atomic E-state index is 13.1. The van der Waals surface area contributed by atoms with Crippen molar-refractivity contribution in [3.05, 3.63) is 52.8 Å². The van der Waals surface area contributed by atoms with E-state index in [1.165, 1.54) is 12.1 Å². The Labute approximate surface area is 188 Å². The van der Waals surface area contributed by atoms with E-state index in [0.717, 1.165) is 24.9 Å². The van der Waals surface area contributed by atoms with Gasteiger partial charge in [0, 0.05) is 30.4 Å². The van der Waals surface area contributed by atoms with Gasteiger partial charge in [0.25, 0.3) is 5.91 Å². The fraction of sp³-hybridized carbons (Fsp3) is 0.458. The molecule has 1 amide bonds. The molecule has 0 spiro atoms. The van der Waals surface area contributed by atoms with Crippen molar-refractivity contribution in [3.8, 4) is 11.5 Å². The number of likely N-dealkylation sites (tertiary alicyclic amines) is 1. The Kier molecular flexibility index (Phi) is 8.02. The lowest BCUT2D eigenvalue weighted by Crippen LogP contribution is -2.42. The van der Waals surface area contributed by atoms with Crippen LogP contribution in [0.5, 0.6) is 11.5 Å². The number of carbonyl (C=O) groups excluding carboxylic acids is 1. The summed E-state index contributed by atoms with van der Waals surface area (Å²) < 4.78 is 24.3. The highest BCUT2D eigenvalue weighted by Gasteiger charge is 2.25. The lowest BCUT2D eigenvalue weighted by Gasteiger charge is -2.33. The van der Waals surface area contributed by atoms with Crippen LogP contribution in [0.3, 0.4) is 0 Å². The summed E-state index contributed by atoms with van der Waals surface area (Å²) in [6.07, 6.45) is 2.52. The van der Waals surface area contributed by atoms with Crippen LogP contribution >= 0.6 is 11.6 Å². The molecule has 5 nitrogen and oxygen atoms in total. The van der Waals surface area contributed by atoms with Gasteiger partial charge in [-0.1, -0.05) is 25.4 Å². The van der Waals surface area contributed by atoms with Crippen molar-refractivity contribution in [1.29, 1.82) is 0 Å². The average molecular weight is 449 g/mol. The van der Waals surface area contributed by atoms with Gasteiger partial charge in [0.15, 0.2) is 11.5 Å². The maximum Gasteiger partial charge on any atom is 0.254 e. The van der Waals surface area contributed by atoms with Crippen LogP contribution in [0, 0.1) is 11.7 Å². The van der Waals surface area contributed by atoms with E-state index in [0.29, 0.717) is 47.7 Å². The van der Waals surface area contributed by atoms with Crippen LogP contribution in [0.2, 0.25) is 5.02 Å². The highest BCUT2D eigenvalue weighted by atomic mass is 35.5. The van der Waals surface area contributed by atoms with Crippen LogP contribution in [-0.2, 0) is 0 Å². The van der Waals surface area contributed by atoms with Crippen LogP contribution in [0.4, 0.5) is 10.1 Å². The zero-order valence-corrected chi connectivity index (χ0v) is 19.0. The van der Waals surface area contributed by atoms with Crippen molar-refractivity contribution in [1.82, 2.24) is 4.90 Å². The number of ether oxygens (including phenoxy) is 2. The number of methoxy groups -OCH3 is 1. The summed E-state index contributed by atoms with van der Waals surface area (Å²) in [6.45, 7) is 6.05. The molecule has 0 unspecified atom stereocenters. The molecular weight excluding hydrogens is 419 g/mol. The van der Waals surface area contributed by atoms with E-state index in [1.54, 1.807) is 31.4 Å². The predicted octanol–water partition coefficient (Wildman–Crippen LogP) is 5.63. The second-order valence-electron chi connectivity index (χ2n) is 8.24. The Morgan fingerprint density at radius 3 is 2.52 bits per heavy atom. The summed E-state index contributed by atoms with van der Waals surface area (Å²) in [7, 11) is 1.54. The number of nitrogens with zero attached hydrogens (tertiary/aromatic N) is 1. The molecule has 0 aromatic heterocycles. The maximum absolute atomic E-state index is 13.1. The third kappa shape index (κ3) is 6.26. The fourth-order valence-electron chi connectivity index (χ4n) is 3.57. The number of halogens is 2. The first-order valence-electron chi connectivity index (χ1n) is 10.7. The third-order valence-electron chi connectivity index (χ3n) is 5.42. The number of piperidine rings is 1. The van der Waals surface area contributed by atoms with Gasteiger partial charge >= 0.3 is 0 Å². The van der Waals surface area contributed by atoms with Crippen molar-refractivity contribution in [2.45, 2.75) is 39.2 Å². The number of benzene rings is 2. The third-order valence-corrected chi connectivity index (χ3v) is 5.70. The van der Waals surface area contributed by atoms with E-state index in [-0.39, 0.29) is 17.8 Å². The van der Waals surface area contributed by atoms with E-state index >= 15 is 0 Å². The van der Waals surface area contributed by atoms with Gasteiger partial charge in [-0.25, -0.2) is 4.39 Å². The number of nitrogens with one attached hydrogen (secondary N) is 1. The normalized spacial score (nSPS) is 14.6. The first-order chi connectivity index (χ1) is 14.9. The quantitative estimate of drug-likeness (QED) is 0.568. The molecule has 1 saturated heterocycles. The number of carbonyl (C=O) groups is 1. The molecular formula is C24H30ClFN2O3. The van der Waals surface area contributed by atoms with Crippen molar-refractivity contribution < 1.29 is 18.7 Å². The molecule has 0 bridgehead atoms. The van der Waals surface area contributed by atoms with E-state index in [1.807, 2.05) is 4.90 Å². The predicted molar refractivity (Wildman–Crippen MR) is 122 cm³/mol. The van der Waals surface area contributed by atoms with Crippen molar-refractivity contribution in [2.75, 3.05) is 32.1 Å². The molecule has 1 aliphatic heterocycles. The van der Waals surface area contributed by atoms with Gasteiger partial charge in [-0.15, -0.1) is 0 Å². The summed E-state index contributed by atoms with van der Waals surface area (Å²) >= 11 is 6.42. The van der Waals surface area contributed by atoms with Gasteiger partial charge in [-0.2, -0.15) is 0 Å². The largest absolute Gasteiger partial charge is 0.493 e. The first kappa shape index (κ1) is 23.2. The van der Waals surface area contributed by atoms with E-state index < -0.39 is 0 Å². The zero-order valence-electron chi connectivity index (χ0n) is 18.3. The summed E-state index contributed by atoms with van der Waals surface area (Å²) in [5, 5.41) is 3.78. The monoisotopic (exact) mass is 448 g/mol. The topological polar surface area (TPSA) is 50.8 Å². The molecule has 0 aliphatic carbocycles. The molecule has 1 N–H and O–H groups in total. The lowest BCUT2D eigenvalue weighted by molar-refractivity contribution is 0.0718. The number of rotatable bonds is 8. The average Bonchev–Trinajstić information content (AvgIpc) is 2.76. The minimum atomic E-state index is -0.253. The molecule has 7 heteroatoms. The van der Waals surface area contributed by atoms with E-state index in [9.17, 15) is 9.18 Å². The Morgan fingerprint density at radius 1 is 1.23 bits per heavy atom. The summed E-state index contributed by atoms with van der Waals surface area (Å²) in [4.78, 5) is 14.9. The Hall–Kier alpha value is -2.47. The molecule has 168 valence electrons. The molecule has 0 atom stereocenters. The van der Waals surface area contributed by atoms with Crippen LogP contribution in [-0.4, -0.2) is 43.7 Å². The van der Waals surface area contributed by atoms with Crippen molar-refractivity contribution >= 4 is 23.2 Å². The highest BCUT2D eigenvalue weighted by molar-refractivity contribution is 6.32. The highest BCUT2D eigenvalue weighted by Crippen LogP contribution is 2.37. The smallest absolute Gasteiger partial charge is 0.254 e. The minimum absolute atomic E-state index is 0.0748. The Bertz CT molecular complexity index is 881. The summed E-state index contributed by atoms with van der Waals surface area (Å²) in [5.41, 5.74) is 1.37. The SMILES string of the molecule is COc1cc(C(=O)N2CCC(Nc3ccc(F)cc3)CC2)cc(Cl)c1OCCC(C)C. The van der Waals surface area contributed by atoms with Crippen LogP contribution in [0.1, 0.15) is 43.5 Å². The van der Waals surface area contributed by atoms with Gasteiger partial charge in [0.1, 0.15) is 5.82 Å².